The van der Waals surface area contributed by atoms with Crippen LogP contribution in [0.25, 0.3) is 11.3 Å². The molecular formula is C19H17F2N3O. The van der Waals surface area contributed by atoms with Crippen LogP contribution in [0.3, 0.4) is 0 Å². The first kappa shape index (κ1) is 15.9. The lowest BCUT2D eigenvalue weighted by atomic mass is 9.80. The minimum Gasteiger partial charge on any atom is -0.348 e. The fourth-order valence-electron chi connectivity index (χ4n) is 4.20. The van der Waals surface area contributed by atoms with Crippen molar-refractivity contribution in [2.24, 2.45) is 0 Å². The summed E-state index contributed by atoms with van der Waals surface area (Å²) >= 11 is 0. The van der Waals surface area contributed by atoms with Gasteiger partial charge < -0.3 is 4.90 Å². The monoisotopic (exact) mass is 341 g/mol. The third-order valence-electron chi connectivity index (χ3n) is 5.37. The number of carbonyl (C=O) groups is 1. The number of halogens is 2. The highest BCUT2D eigenvalue weighted by Crippen LogP contribution is 2.60. The SMILES string of the molecule is C=C1[C@@H]2CC[C@@]1(C(=O)N(C)C)c1nnc(-c3c(F)cccc3F)cc12. The van der Waals surface area contributed by atoms with E-state index in [1.165, 1.54) is 23.1 Å². The highest BCUT2D eigenvalue weighted by molar-refractivity contribution is 5.94. The van der Waals surface area contributed by atoms with Crippen LogP contribution in [0.1, 0.15) is 30.0 Å². The standard InChI is InChI=1S/C19H17F2N3O/c1-10-11-7-8-19(10,18(25)24(2)3)17-12(11)9-15(22-23-17)16-13(20)5-4-6-14(16)21/h4-6,9,11H,1,7-8H2,2-3H3/t11-,19-/m0/s1. The van der Waals surface area contributed by atoms with E-state index in [0.717, 1.165) is 17.6 Å². The molecule has 2 atom stereocenters. The predicted octanol–water partition coefficient (Wildman–Crippen LogP) is 3.20. The van der Waals surface area contributed by atoms with Gasteiger partial charge in [0.1, 0.15) is 17.0 Å². The Morgan fingerprint density at radius 2 is 1.96 bits per heavy atom. The van der Waals surface area contributed by atoms with Gasteiger partial charge in [0.15, 0.2) is 0 Å². The van der Waals surface area contributed by atoms with E-state index in [2.05, 4.69) is 16.8 Å². The van der Waals surface area contributed by atoms with Gasteiger partial charge in [-0.2, -0.15) is 5.10 Å². The molecule has 1 saturated carbocycles. The molecule has 6 heteroatoms. The van der Waals surface area contributed by atoms with Crippen LogP contribution in [0, 0.1) is 11.6 Å². The van der Waals surface area contributed by atoms with E-state index in [0.29, 0.717) is 12.1 Å². The number of benzene rings is 1. The van der Waals surface area contributed by atoms with E-state index in [-0.39, 0.29) is 23.1 Å². The van der Waals surface area contributed by atoms with E-state index in [1.54, 1.807) is 20.2 Å². The fourth-order valence-corrected chi connectivity index (χ4v) is 4.20. The van der Waals surface area contributed by atoms with Gasteiger partial charge in [-0.15, -0.1) is 5.10 Å². The summed E-state index contributed by atoms with van der Waals surface area (Å²) < 4.78 is 28.2. The summed E-state index contributed by atoms with van der Waals surface area (Å²) in [5.74, 6) is -1.47. The Labute approximate surface area is 144 Å². The third-order valence-corrected chi connectivity index (χ3v) is 5.37. The van der Waals surface area contributed by atoms with Gasteiger partial charge >= 0.3 is 0 Å². The molecular weight excluding hydrogens is 324 g/mol. The van der Waals surface area contributed by atoms with Gasteiger partial charge in [0.05, 0.1) is 17.0 Å². The highest BCUT2D eigenvalue weighted by Gasteiger charge is 2.59. The predicted molar refractivity (Wildman–Crippen MR) is 88.9 cm³/mol. The summed E-state index contributed by atoms with van der Waals surface area (Å²) in [7, 11) is 3.40. The van der Waals surface area contributed by atoms with E-state index in [9.17, 15) is 13.6 Å². The van der Waals surface area contributed by atoms with Gasteiger partial charge in [-0.1, -0.05) is 12.6 Å². The molecule has 4 rings (SSSR count). The third kappa shape index (κ3) is 1.94. The molecule has 2 bridgehead atoms. The Morgan fingerprint density at radius 1 is 1.28 bits per heavy atom. The van der Waals surface area contributed by atoms with Gasteiger partial charge in [0.2, 0.25) is 5.91 Å². The molecule has 128 valence electrons. The molecule has 1 fully saturated rings. The Balaban J connectivity index is 1.90. The number of amides is 1. The van der Waals surface area contributed by atoms with Crippen molar-refractivity contribution in [2.75, 3.05) is 14.1 Å². The molecule has 0 spiro atoms. The lowest BCUT2D eigenvalue weighted by Crippen LogP contribution is -2.42. The second-order valence-electron chi connectivity index (χ2n) is 6.85. The first-order chi connectivity index (χ1) is 11.9. The Hall–Kier alpha value is -2.63. The zero-order chi connectivity index (χ0) is 17.9. The minimum atomic E-state index is -0.858. The molecule has 0 radical (unpaired) electrons. The average molecular weight is 341 g/mol. The van der Waals surface area contributed by atoms with Crippen molar-refractivity contribution in [3.8, 4) is 11.3 Å². The highest BCUT2D eigenvalue weighted by atomic mass is 19.1. The number of hydrogen-bond donors (Lipinski definition) is 0. The normalized spacial score (nSPS) is 23.7. The fraction of sp³-hybridized carbons (Fsp3) is 0.316. The number of fused-ring (bicyclic) bond motifs is 5. The minimum absolute atomic E-state index is 0.0250. The molecule has 1 aromatic carbocycles. The quantitative estimate of drug-likeness (QED) is 0.788. The molecule has 0 saturated heterocycles. The largest absolute Gasteiger partial charge is 0.348 e. The van der Waals surface area contributed by atoms with Gasteiger partial charge in [-0.25, -0.2) is 8.78 Å². The molecule has 0 N–H and O–H groups in total. The number of nitrogens with zero attached hydrogens (tertiary/aromatic N) is 3. The molecule has 0 unspecified atom stereocenters. The van der Waals surface area contributed by atoms with Gasteiger partial charge in [-0.3, -0.25) is 4.79 Å². The van der Waals surface area contributed by atoms with Crippen LogP contribution in [-0.2, 0) is 10.2 Å². The van der Waals surface area contributed by atoms with Crippen LogP contribution < -0.4 is 0 Å². The van der Waals surface area contributed by atoms with Crippen LogP contribution >= 0.6 is 0 Å². The molecule has 2 aliphatic carbocycles. The summed E-state index contributed by atoms with van der Waals surface area (Å²) in [6.07, 6.45) is 1.42. The van der Waals surface area contributed by atoms with E-state index in [4.69, 9.17) is 0 Å². The number of carbonyl (C=O) groups excluding carboxylic acids is 1. The molecule has 1 heterocycles. The smallest absolute Gasteiger partial charge is 0.238 e. The molecule has 2 aromatic rings. The van der Waals surface area contributed by atoms with Crippen molar-refractivity contribution in [2.45, 2.75) is 24.2 Å². The van der Waals surface area contributed by atoms with Crippen LogP contribution in [-0.4, -0.2) is 35.1 Å². The van der Waals surface area contributed by atoms with Crippen LogP contribution in [0.15, 0.2) is 36.4 Å². The van der Waals surface area contributed by atoms with E-state index < -0.39 is 17.0 Å². The number of aromatic nitrogens is 2. The molecule has 1 amide bonds. The second kappa shape index (κ2) is 5.18. The van der Waals surface area contributed by atoms with Crippen molar-refractivity contribution < 1.29 is 13.6 Å². The van der Waals surface area contributed by atoms with Crippen LogP contribution in [0.2, 0.25) is 0 Å². The van der Waals surface area contributed by atoms with E-state index in [1.807, 2.05) is 0 Å². The van der Waals surface area contributed by atoms with Gasteiger partial charge in [0, 0.05) is 20.0 Å². The average Bonchev–Trinajstić information content (AvgIpc) is 3.03. The summed E-state index contributed by atoms with van der Waals surface area (Å²) in [6.45, 7) is 4.14. The van der Waals surface area contributed by atoms with Crippen LogP contribution in [0.4, 0.5) is 8.78 Å². The molecule has 2 aliphatic rings. The molecule has 0 aliphatic heterocycles. The Bertz CT molecular complexity index is 905. The van der Waals surface area contributed by atoms with Crippen molar-refractivity contribution in [3.63, 3.8) is 0 Å². The van der Waals surface area contributed by atoms with Crippen molar-refractivity contribution in [1.82, 2.24) is 15.1 Å². The zero-order valence-corrected chi connectivity index (χ0v) is 14.0. The number of hydrogen-bond acceptors (Lipinski definition) is 3. The summed E-state index contributed by atoms with van der Waals surface area (Å²) in [5.41, 5.74) is 1.28. The Morgan fingerprint density at radius 3 is 2.60 bits per heavy atom. The summed E-state index contributed by atoms with van der Waals surface area (Å²) in [6, 6.07) is 5.35. The lowest BCUT2D eigenvalue weighted by molar-refractivity contribution is -0.133. The van der Waals surface area contributed by atoms with Crippen molar-refractivity contribution in [3.05, 3.63) is 59.3 Å². The molecule has 4 nitrogen and oxygen atoms in total. The number of likely N-dealkylation sites (N-methyl/N-ethyl adjacent to an activating group) is 1. The summed E-state index contributed by atoms with van der Waals surface area (Å²) in [5, 5.41) is 8.28. The zero-order valence-electron chi connectivity index (χ0n) is 14.0. The van der Waals surface area contributed by atoms with Crippen molar-refractivity contribution >= 4 is 5.91 Å². The van der Waals surface area contributed by atoms with E-state index >= 15 is 0 Å². The van der Waals surface area contributed by atoms with Gasteiger partial charge in [-0.05, 0) is 42.2 Å². The molecule has 25 heavy (non-hydrogen) atoms. The first-order valence-electron chi connectivity index (χ1n) is 8.11. The first-order valence-corrected chi connectivity index (χ1v) is 8.11. The van der Waals surface area contributed by atoms with Crippen molar-refractivity contribution in [1.29, 1.82) is 0 Å². The topological polar surface area (TPSA) is 46.1 Å². The maximum absolute atomic E-state index is 14.1. The molecule has 1 aromatic heterocycles. The maximum atomic E-state index is 14.1. The number of rotatable bonds is 2. The Kier molecular flexibility index (Phi) is 3.29. The second-order valence-corrected chi connectivity index (χ2v) is 6.85. The summed E-state index contributed by atoms with van der Waals surface area (Å²) in [4.78, 5) is 14.4. The van der Waals surface area contributed by atoms with Crippen LogP contribution in [0.5, 0.6) is 0 Å². The lowest BCUT2D eigenvalue weighted by Gasteiger charge is -2.29. The van der Waals surface area contributed by atoms with Gasteiger partial charge in [0.25, 0.3) is 0 Å². The maximum Gasteiger partial charge on any atom is 0.238 e.